The van der Waals surface area contributed by atoms with E-state index in [1.165, 1.54) is 12.1 Å². The molecule has 4 atom stereocenters. The number of anilines is 2. The number of hydrogen-bond acceptors (Lipinski definition) is 11. The summed E-state index contributed by atoms with van der Waals surface area (Å²) in [4.78, 5) is 16.2. The number of halogens is 4. The van der Waals surface area contributed by atoms with Crippen molar-refractivity contribution in [3.63, 3.8) is 0 Å². The van der Waals surface area contributed by atoms with E-state index < -0.39 is 29.4 Å². The summed E-state index contributed by atoms with van der Waals surface area (Å²) < 4.78 is 65.3. The summed E-state index contributed by atoms with van der Waals surface area (Å²) in [5.74, 6) is -0.746. The molecule has 4 aromatic rings. The van der Waals surface area contributed by atoms with Crippen LogP contribution in [0.25, 0.3) is 32.1 Å². The maximum atomic E-state index is 17.3. The Labute approximate surface area is 296 Å². The maximum Gasteiger partial charge on any atom is 0.319 e. The van der Waals surface area contributed by atoms with Gasteiger partial charge in [0.05, 0.1) is 39.4 Å². The number of nitrogens with zero attached hydrogens (tertiary/aromatic N) is 6. The van der Waals surface area contributed by atoms with E-state index in [1.54, 1.807) is 7.11 Å². The number of alkyl halides is 1. The van der Waals surface area contributed by atoms with Gasteiger partial charge < -0.3 is 24.8 Å². The third-order valence-corrected chi connectivity index (χ3v) is 12.1. The molecule has 10 nitrogen and oxygen atoms in total. The highest BCUT2D eigenvalue weighted by molar-refractivity contribution is 7.23. The Morgan fingerprint density at radius 3 is 2.84 bits per heavy atom. The van der Waals surface area contributed by atoms with Gasteiger partial charge in [0, 0.05) is 56.7 Å². The first-order chi connectivity index (χ1) is 24.1. The average molecular weight is 728 g/mol. The molecule has 4 aliphatic heterocycles. The van der Waals surface area contributed by atoms with Crippen LogP contribution in [-0.4, -0.2) is 103 Å². The molecule has 3 saturated heterocycles. The van der Waals surface area contributed by atoms with Crippen LogP contribution in [0.2, 0.25) is 5.02 Å². The Morgan fingerprint density at radius 2 is 2.04 bits per heavy atom. The number of nitrogens with two attached hydrogens (primary N) is 1. The fraction of sp³-hybridized carbons (Fsp3) is 0.514. The monoisotopic (exact) mass is 727 g/mol. The van der Waals surface area contributed by atoms with Crippen molar-refractivity contribution in [3.8, 4) is 29.0 Å². The molecule has 15 heteroatoms. The second-order valence-corrected chi connectivity index (χ2v) is 15.2. The minimum atomic E-state index is -0.944. The molecular formula is C35H37ClF3N7O3S. The van der Waals surface area contributed by atoms with E-state index in [0.717, 1.165) is 56.8 Å². The summed E-state index contributed by atoms with van der Waals surface area (Å²) in [6.45, 7) is 6.63. The Balaban J connectivity index is 1.32. The molecule has 1 unspecified atom stereocenters. The van der Waals surface area contributed by atoms with Crippen molar-refractivity contribution in [2.75, 3.05) is 70.2 Å². The third-order valence-electron chi connectivity index (χ3n) is 10.7. The van der Waals surface area contributed by atoms with Crippen molar-refractivity contribution in [1.29, 1.82) is 5.26 Å². The number of likely N-dealkylation sites (tertiary alicyclic amines) is 1. The van der Waals surface area contributed by atoms with Crippen LogP contribution >= 0.6 is 22.9 Å². The van der Waals surface area contributed by atoms with Gasteiger partial charge >= 0.3 is 6.01 Å². The molecule has 0 radical (unpaired) electrons. The zero-order chi connectivity index (χ0) is 34.9. The number of aromatic nitrogens is 2. The fourth-order valence-corrected chi connectivity index (χ4v) is 9.70. The van der Waals surface area contributed by atoms with Gasteiger partial charge in [-0.1, -0.05) is 17.7 Å². The lowest BCUT2D eigenvalue weighted by Gasteiger charge is -2.32. The normalized spacial score (nSPS) is 25.3. The molecule has 2 aromatic heterocycles. The van der Waals surface area contributed by atoms with Crippen LogP contribution in [-0.2, 0) is 4.74 Å². The van der Waals surface area contributed by atoms with Gasteiger partial charge in [0.25, 0.3) is 0 Å². The zero-order valence-corrected chi connectivity index (χ0v) is 29.3. The zero-order valence-electron chi connectivity index (χ0n) is 27.8. The maximum absolute atomic E-state index is 17.3. The van der Waals surface area contributed by atoms with Gasteiger partial charge in [0.2, 0.25) is 0 Å². The van der Waals surface area contributed by atoms with Crippen LogP contribution in [0.15, 0.2) is 12.1 Å². The topological polar surface area (TPSA) is 113 Å². The lowest BCUT2D eigenvalue weighted by Crippen LogP contribution is -2.44. The van der Waals surface area contributed by atoms with E-state index in [4.69, 9.17) is 36.5 Å². The van der Waals surface area contributed by atoms with Crippen molar-refractivity contribution in [2.24, 2.45) is 0 Å². The van der Waals surface area contributed by atoms with Gasteiger partial charge in [0.1, 0.15) is 47.1 Å². The Hall–Kier alpha value is -3.61. The van der Waals surface area contributed by atoms with Crippen molar-refractivity contribution in [1.82, 2.24) is 19.8 Å². The lowest BCUT2D eigenvalue weighted by molar-refractivity contribution is 0.107. The van der Waals surface area contributed by atoms with Crippen LogP contribution in [0.3, 0.4) is 0 Å². The minimum absolute atomic E-state index is 0.0195. The van der Waals surface area contributed by atoms with Crippen LogP contribution < -0.4 is 20.1 Å². The SMILES string of the molecule is COCCN1CCC(N2C[C@H](C)Oc3c(Cl)c(-c4ccc(F)c5sc(N)c(C#N)c45)c(F)c4nc(OC[C@@]56CCCN5C[C@H](F)C6)nc2c34)C1. The second kappa shape index (κ2) is 12.9. The van der Waals surface area contributed by atoms with E-state index in [2.05, 4.69) is 25.8 Å². The predicted molar refractivity (Wildman–Crippen MR) is 187 cm³/mol. The van der Waals surface area contributed by atoms with Gasteiger partial charge in [-0.25, -0.2) is 13.2 Å². The molecule has 0 amide bonds. The molecule has 0 saturated carbocycles. The van der Waals surface area contributed by atoms with Crippen molar-refractivity contribution < 1.29 is 27.4 Å². The summed E-state index contributed by atoms with van der Waals surface area (Å²) >= 11 is 8.04. The molecule has 6 heterocycles. The number of fused-ring (bicyclic) bond motifs is 2. The predicted octanol–water partition coefficient (Wildman–Crippen LogP) is 6.16. The highest BCUT2D eigenvalue weighted by atomic mass is 35.5. The Kier molecular flexibility index (Phi) is 8.62. The van der Waals surface area contributed by atoms with Crippen LogP contribution in [0.1, 0.15) is 38.2 Å². The molecule has 0 bridgehead atoms. The number of benzene rings is 2. The summed E-state index contributed by atoms with van der Waals surface area (Å²) in [6, 6.07) is 4.64. The standard InChI is InChI=1S/C35H37ClF3N7O3S/c1-18-14-46(20-6-9-44(16-20)10-11-47-2)33-26-29(42-34(43-33)48-17-35-7-3-8-45(35)15-19(37)12-35)28(39)25(27(36)30(26)49-18)21-4-5-23(38)31-24(21)22(13-40)32(41)50-31/h4-5,18-20H,3,6-12,14-17,41H2,1-2H3/t18-,19+,20?,35-/m0/s1. The number of rotatable bonds is 8. The fourth-order valence-electron chi connectivity index (χ4n) is 8.42. The lowest BCUT2D eigenvalue weighted by atomic mass is 9.95. The van der Waals surface area contributed by atoms with E-state index in [9.17, 15) is 9.65 Å². The number of thiophene rings is 1. The van der Waals surface area contributed by atoms with Gasteiger partial charge in [-0.2, -0.15) is 15.2 Å². The molecule has 0 spiro atoms. The number of nitriles is 1. The highest BCUT2D eigenvalue weighted by Gasteiger charge is 2.49. The summed E-state index contributed by atoms with van der Waals surface area (Å²) in [5, 5.41) is 10.5. The Morgan fingerprint density at radius 1 is 1.20 bits per heavy atom. The smallest absolute Gasteiger partial charge is 0.319 e. The molecule has 0 aliphatic carbocycles. The first-order valence-electron chi connectivity index (χ1n) is 16.9. The molecule has 3 fully saturated rings. The van der Waals surface area contributed by atoms with Gasteiger partial charge in [-0.05, 0) is 44.4 Å². The second-order valence-electron chi connectivity index (χ2n) is 13.8. The van der Waals surface area contributed by atoms with E-state index in [1.807, 2.05) is 6.92 Å². The summed E-state index contributed by atoms with van der Waals surface area (Å²) in [7, 11) is 1.68. The van der Waals surface area contributed by atoms with Gasteiger partial charge in [0.15, 0.2) is 11.6 Å². The minimum Gasteiger partial charge on any atom is -0.486 e. The molecule has 2 aromatic carbocycles. The van der Waals surface area contributed by atoms with Gasteiger partial charge in [-0.15, -0.1) is 11.3 Å². The third kappa shape index (κ3) is 5.40. The van der Waals surface area contributed by atoms with E-state index in [0.29, 0.717) is 37.3 Å². The van der Waals surface area contributed by atoms with Crippen LogP contribution in [0.4, 0.5) is 24.0 Å². The van der Waals surface area contributed by atoms with Gasteiger partial charge in [-0.3, -0.25) is 9.80 Å². The number of ether oxygens (including phenoxy) is 3. The first-order valence-corrected chi connectivity index (χ1v) is 18.1. The quantitative estimate of drug-likeness (QED) is 0.227. The average Bonchev–Trinajstić information content (AvgIpc) is 3.85. The van der Waals surface area contributed by atoms with Crippen LogP contribution in [0, 0.1) is 23.0 Å². The van der Waals surface area contributed by atoms with Crippen LogP contribution in [0.5, 0.6) is 11.8 Å². The largest absolute Gasteiger partial charge is 0.486 e. The van der Waals surface area contributed by atoms with E-state index in [-0.39, 0.29) is 66.7 Å². The molecule has 2 N–H and O–H groups in total. The Bertz CT molecular complexity index is 2040. The number of hydrogen-bond donors (Lipinski definition) is 1. The summed E-state index contributed by atoms with van der Waals surface area (Å²) in [5.41, 5.74) is 5.71. The highest BCUT2D eigenvalue weighted by Crippen LogP contribution is 2.51. The molecule has 8 rings (SSSR count). The van der Waals surface area contributed by atoms with E-state index >= 15 is 8.78 Å². The summed E-state index contributed by atoms with van der Waals surface area (Å²) in [6.07, 6.45) is 1.57. The first kappa shape index (κ1) is 33.5. The van der Waals surface area contributed by atoms with Crippen molar-refractivity contribution >= 4 is 54.7 Å². The molecule has 264 valence electrons. The molecule has 50 heavy (non-hydrogen) atoms. The molecular weight excluding hydrogens is 691 g/mol. The van der Waals surface area contributed by atoms with Crippen molar-refractivity contribution in [2.45, 2.75) is 56.5 Å². The molecule has 4 aliphatic rings. The van der Waals surface area contributed by atoms with Crippen molar-refractivity contribution in [3.05, 3.63) is 34.4 Å². The number of methoxy groups -OCH3 is 1. The number of nitrogen functional groups attached to an aromatic ring is 1.